The lowest BCUT2D eigenvalue weighted by atomic mass is 10.1. The van der Waals surface area contributed by atoms with E-state index in [1.54, 1.807) is 30.3 Å². The fourth-order valence-corrected chi connectivity index (χ4v) is 2.33. The Balaban J connectivity index is 2.03. The molecule has 0 bridgehead atoms. The van der Waals surface area contributed by atoms with Crippen LogP contribution in [0.4, 0.5) is 4.39 Å². The van der Waals surface area contributed by atoms with Crippen LogP contribution in [0.3, 0.4) is 0 Å². The first-order valence-electron chi connectivity index (χ1n) is 7.12. The van der Waals surface area contributed by atoms with Crippen molar-refractivity contribution in [1.82, 2.24) is 0 Å². The van der Waals surface area contributed by atoms with Crippen molar-refractivity contribution in [2.24, 2.45) is 4.99 Å². The summed E-state index contributed by atoms with van der Waals surface area (Å²) >= 11 is 0. The van der Waals surface area contributed by atoms with Crippen molar-refractivity contribution in [3.05, 3.63) is 65.1 Å². The number of methoxy groups -OCH3 is 2. The van der Waals surface area contributed by atoms with E-state index in [2.05, 4.69) is 4.99 Å². The Hall–Kier alpha value is -3.15. The molecule has 6 heteroatoms. The number of rotatable bonds is 4. The van der Waals surface area contributed by atoms with Gasteiger partial charge in [0.15, 0.2) is 17.2 Å². The zero-order valence-electron chi connectivity index (χ0n) is 13.1. The molecular weight excluding hydrogens is 313 g/mol. The third-order valence-corrected chi connectivity index (χ3v) is 3.45. The highest BCUT2D eigenvalue weighted by Crippen LogP contribution is 2.33. The van der Waals surface area contributed by atoms with Gasteiger partial charge < -0.3 is 14.2 Å². The van der Waals surface area contributed by atoms with E-state index in [0.29, 0.717) is 17.1 Å². The summed E-state index contributed by atoms with van der Waals surface area (Å²) in [5.74, 6) is -0.236. The van der Waals surface area contributed by atoms with Gasteiger partial charge in [-0.15, -0.1) is 0 Å². The minimum absolute atomic E-state index is 0.0554. The number of benzene rings is 2. The van der Waals surface area contributed by atoms with Crippen LogP contribution in [0.15, 0.2) is 53.2 Å². The summed E-state index contributed by atoms with van der Waals surface area (Å²) in [4.78, 5) is 16.1. The molecule has 1 heterocycles. The molecule has 2 aromatic carbocycles. The van der Waals surface area contributed by atoms with Crippen molar-refractivity contribution in [1.29, 1.82) is 0 Å². The Labute approximate surface area is 138 Å². The van der Waals surface area contributed by atoms with Crippen molar-refractivity contribution in [2.45, 2.75) is 0 Å². The zero-order valence-corrected chi connectivity index (χ0v) is 13.1. The van der Waals surface area contributed by atoms with E-state index < -0.39 is 11.8 Å². The SMILES string of the molecule is COc1cccc(C=C2N=C(c3ccccc3F)OC2=O)c1OC. The highest BCUT2D eigenvalue weighted by atomic mass is 19.1. The molecule has 0 spiro atoms. The lowest BCUT2D eigenvalue weighted by molar-refractivity contribution is -0.129. The Bertz CT molecular complexity index is 858. The van der Waals surface area contributed by atoms with E-state index in [4.69, 9.17) is 14.2 Å². The molecule has 0 saturated heterocycles. The van der Waals surface area contributed by atoms with Gasteiger partial charge in [-0.3, -0.25) is 0 Å². The van der Waals surface area contributed by atoms with Gasteiger partial charge in [0.05, 0.1) is 19.8 Å². The summed E-state index contributed by atoms with van der Waals surface area (Å²) in [5.41, 5.74) is 0.786. The van der Waals surface area contributed by atoms with Gasteiger partial charge in [-0.25, -0.2) is 14.2 Å². The maximum Gasteiger partial charge on any atom is 0.363 e. The topological polar surface area (TPSA) is 57.1 Å². The van der Waals surface area contributed by atoms with Crippen LogP contribution in [0.2, 0.25) is 0 Å². The van der Waals surface area contributed by atoms with Crippen LogP contribution in [0, 0.1) is 5.82 Å². The van der Waals surface area contributed by atoms with E-state index in [1.165, 1.54) is 32.4 Å². The molecular formula is C18H14FNO4. The average Bonchev–Trinajstić information content (AvgIpc) is 2.95. The molecule has 0 radical (unpaired) electrons. The monoisotopic (exact) mass is 327 g/mol. The fourth-order valence-electron chi connectivity index (χ4n) is 2.33. The minimum Gasteiger partial charge on any atom is -0.493 e. The van der Waals surface area contributed by atoms with E-state index >= 15 is 0 Å². The lowest BCUT2D eigenvalue weighted by Gasteiger charge is -2.09. The number of ether oxygens (including phenoxy) is 3. The fraction of sp³-hybridized carbons (Fsp3) is 0.111. The number of halogens is 1. The number of nitrogens with zero attached hydrogens (tertiary/aromatic N) is 1. The molecule has 0 amide bonds. The number of cyclic esters (lactones) is 1. The second-order valence-corrected chi connectivity index (χ2v) is 4.90. The second kappa shape index (κ2) is 6.54. The largest absolute Gasteiger partial charge is 0.493 e. The molecule has 0 aliphatic carbocycles. The summed E-state index contributed by atoms with van der Waals surface area (Å²) in [7, 11) is 3.02. The first-order valence-corrected chi connectivity index (χ1v) is 7.12. The summed E-state index contributed by atoms with van der Waals surface area (Å²) in [6, 6.07) is 11.2. The molecule has 0 N–H and O–H groups in total. The standard InChI is InChI=1S/C18H14FNO4/c1-22-15-9-5-6-11(16(15)23-2)10-14-18(21)24-17(20-14)12-7-3-4-8-13(12)19/h3-10H,1-2H3. The maximum atomic E-state index is 13.8. The van der Waals surface area contributed by atoms with Crippen LogP contribution >= 0.6 is 0 Å². The van der Waals surface area contributed by atoms with Crippen molar-refractivity contribution in [3.8, 4) is 11.5 Å². The summed E-state index contributed by atoms with van der Waals surface area (Å²) in [5, 5.41) is 0. The predicted molar refractivity (Wildman–Crippen MR) is 86.6 cm³/mol. The Morgan fingerprint density at radius 3 is 2.58 bits per heavy atom. The van der Waals surface area contributed by atoms with Crippen LogP contribution in [-0.4, -0.2) is 26.1 Å². The van der Waals surface area contributed by atoms with Crippen molar-refractivity contribution in [2.75, 3.05) is 14.2 Å². The molecule has 1 aliphatic heterocycles. The predicted octanol–water partition coefficient (Wildman–Crippen LogP) is 3.19. The number of para-hydroxylation sites is 1. The van der Waals surface area contributed by atoms with Gasteiger partial charge in [-0.2, -0.15) is 0 Å². The number of carbonyl (C=O) groups excluding carboxylic acids is 1. The maximum absolute atomic E-state index is 13.8. The van der Waals surface area contributed by atoms with Gasteiger partial charge in [0.1, 0.15) is 5.82 Å². The average molecular weight is 327 g/mol. The van der Waals surface area contributed by atoms with Crippen LogP contribution < -0.4 is 9.47 Å². The van der Waals surface area contributed by atoms with E-state index in [-0.39, 0.29) is 17.2 Å². The molecule has 2 aromatic rings. The molecule has 0 atom stereocenters. The lowest BCUT2D eigenvalue weighted by Crippen LogP contribution is -2.07. The van der Waals surface area contributed by atoms with E-state index in [1.807, 2.05) is 0 Å². The number of carbonyl (C=O) groups is 1. The zero-order chi connectivity index (χ0) is 17.1. The smallest absolute Gasteiger partial charge is 0.363 e. The molecule has 3 rings (SSSR count). The van der Waals surface area contributed by atoms with Crippen LogP contribution in [0.5, 0.6) is 11.5 Å². The quantitative estimate of drug-likeness (QED) is 0.639. The van der Waals surface area contributed by atoms with Crippen LogP contribution in [-0.2, 0) is 9.53 Å². The highest BCUT2D eigenvalue weighted by Gasteiger charge is 2.26. The molecule has 24 heavy (non-hydrogen) atoms. The number of esters is 1. The second-order valence-electron chi connectivity index (χ2n) is 4.90. The van der Waals surface area contributed by atoms with Gasteiger partial charge in [0.2, 0.25) is 5.90 Å². The first kappa shape index (κ1) is 15.7. The Kier molecular flexibility index (Phi) is 4.29. The van der Waals surface area contributed by atoms with Gasteiger partial charge in [0.25, 0.3) is 0 Å². The molecule has 0 unspecified atom stereocenters. The molecule has 0 saturated carbocycles. The Morgan fingerprint density at radius 2 is 1.88 bits per heavy atom. The molecule has 1 aliphatic rings. The summed E-state index contributed by atoms with van der Waals surface area (Å²) in [6.45, 7) is 0. The minimum atomic E-state index is -0.655. The number of hydrogen-bond acceptors (Lipinski definition) is 5. The Morgan fingerprint density at radius 1 is 1.08 bits per heavy atom. The summed E-state index contributed by atoms with van der Waals surface area (Å²) < 4.78 is 29.4. The molecule has 0 fully saturated rings. The van der Waals surface area contributed by atoms with Crippen molar-refractivity contribution in [3.63, 3.8) is 0 Å². The van der Waals surface area contributed by atoms with E-state index in [9.17, 15) is 9.18 Å². The highest BCUT2D eigenvalue weighted by molar-refractivity contribution is 6.13. The van der Waals surface area contributed by atoms with Crippen molar-refractivity contribution >= 4 is 17.9 Å². The molecule has 122 valence electrons. The van der Waals surface area contributed by atoms with Crippen LogP contribution in [0.1, 0.15) is 11.1 Å². The molecule has 0 aromatic heterocycles. The van der Waals surface area contributed by atoms with Gasteiger partial charge in [-0.1, -0.05) is 24.3 Å². The normalized spacial score (nSPS) is 15.2. The van der Waals surface area contributed by atoms with E-state index in [0.717, 1.165) is 0 Å². The van der Waals surface area contributed by atoms with Crippen LogP contribution in [0.25, 0.3) is 6.08 Å². The third-order valence-electron chi connectivity index (χ3n) is 3.45. The number of hydrogen-bond donors (Lipinski definition) is 0. The van der Waals surface area contributed by atoms with Gasteiger partial charge in [0, 0.05) is 5.56 Å². The van der Waals surface area contributed by atoms with Gasteiger partial charge >= 0.3 is 5.97 Å². The third kappa shape index (κ3) is 2.86. The molecule has 5 nitrogen and oxygen atoms in total. The summed E-state index contributed by atoms with van der Waals surface area (Å²) in [6.07, 6.45) is 1.51. The van der Waals surface area contributed by atoms with Crippen molar-refractivity contribution < 1.29 is 23.4 Å². The first-order chi connectivity index (χ1) is 11.6. The number of aliphatic imine (C=N–C) groups is 1. The van der Waals surface area contributed by atoms with Gasteiger partial charge in [-0.05, 0) is 24.3 Å².